The zero-order valence-corrected chi connectivity index (χ0v) is 20.0. The van der Waals surface area contributed by atoms with Crippen LogP contribution in [0.2, 0.25) is 0 Å². The molecule has 1 N–H and O–H groups in total. The highest BCUT2D eigenvalue weighted by molar-refractivity contribution is 7.98. The van der Waals surface area contributed by atoms with Gasteiger partial charge in [-0.2, -0.15) is 11.8 Å². The van der Waals surface area contributed by atoms with Crippen LogP contribution in [0.5, 0.6) is 0 Å². The van der Waals surface area contributed by atoms with Crippen molar-refractivity contribution in [3.05, 3.63) is 95.6 Å². The molecule has 0 aliphatic rings. The number of nitrogens with one attached hydrogen (secondary N) is 1. The minimum Gasteiger partial charge on any atom is -0.354 e. The van der Waals surface area contributed by atoms with Gasteiger partial charge in [-0.3, -0.25) is 9.10 Å². The van der Waals surface area contributed by atoms with Gasteiger partial charge < -0.3 is 5.32 Å². The average Bonchev–Trinajstić information content (AvgIpc) is 2.78. The molecule has 0 radical (unpaired) electrons. The zero-order chi connectivity index (χ0) is 23.0. The summed E-state index contributed by atoms with van der Waals surface area (Å²) in [6.45, 7) is 3.99. The molecule has 3 aromatic rings. The van der Waals surface area contributed by atoms with Crippen LogP contribution in [0.3, 0.4) is 0 Å². The maximum absolute atomic E-state index is 13.4. The molecule has 3 rings (SSSR count). The van der Waals surface area contributed by atoms with Gasteiger partial charge in [0, 0.05) is 18.1 Å². The van der Waals surface area contributed by atoms with Crippen molar-refractivity contribution in [2.75, 3.05) is 23.1 Å². The molecule has 1 amide bonds. The Morgan fingerprint density at radius 1 is 0.906 bits per heavy atom. The Hall–Kier alpha value is -2.77. The van der Waals surface area contributed by atoms with Crippen molar-refractivity contribution in [2.24, 2.45) is 0 Å². The lowest BCUT2D eigenvalue weighted by atomic mass is 10.2. The highest BCUT2D eigenvalue weighted by Gasteiger charge is 2.27. The van der Waals surface area contributed by atoms with E-state index in [1.54, 1.807) is 54.2 Å². The van der Waals surface area contributed by atoms with E-state index in [1.807, 2.05) is 38.1 Å². The molecule has 0 aliphatic carbocycles. The van der Waals surface area contributed by atoms with Crippen LogP contribution >= 0.6 is 11.8 Å². The highest BCUT2D eigenvalue weighted by atomic mass is 32.2. The third-order valence-corrected chi connectivity index (χ3v) is 7.68. The van der Waals surface area contributed by atoms with E-state index in [-0.39, 0.29) is 17.3 Å². The van der Waals surface area contributed by atoms with Crippen molar-refractivity contribution in [3.63, 3.8) is 0 Å². The van der Waals surface area contributed by atoms with E-state index < -0.39 is 10.0 Å². The lowest BCUT2D eigenvalue weighted by Gasteiger charge is -2.24. The van der Waals surface area contributed by atoms with Gasteiger partial charge >= 0.3 is 0 Å². The predicted octanol–water partition coefficient (Wildman–Crippen LogP) is 4.55. The van der Waals surface area contributed by atoms with Crippen LogP contribution in [-0.4, -0.2) is 33.2 Å². The minimum atomic E-state index is -3.89. The lowest BCUT2D eigenvalue weighted by molar-refractivity contribution is -0.119. The summed E-state index contributed by atoms with van der Waals surface area (Å²) in [5, 5.41) is 2.85. The number of carbonyl (C=O) groups excluding carboxylic acids is 1. The molecule has 0 spiro atoms. The van der Waals surface area contributed by atoms with Gasteiger partial charge in [0.1, 0.15) is 6.54 Å². The van der Waals surface area contributed by atoms with Crippen LogP contribution in [0.4, 0.5) is 5.69 Å². The van der Waals surface area contributed by atoms with Crippen LogP contribution in [0.15, 0.2) is 83.8 Å². The van der Waals surface area contributed by atoms with Crippen molar-refractivity contribution >= 4 is 33.4 Å². The number of hydrogen-bond donors (Lipinski definition) is 1. The van der Waals surface area contributed by atoms with Gasteiger partial charge in [0.25, 0.3) is 10.0 Å². The molecule has 5 nitrogen and oxygen atoms in total. The fourth-order valence-electron chi connectivity index (χ4n) is 3.15. The number of amides is 1. The number of benzene rings is 3. The summed E-state index contributed by atoms with van der Waals surface area (Å²) < 4.78 is 27.9. The normalized spacial score (nSPS) is 11.2. The second-order valence-electron chi connectivity index (χ2n) is 7.55. The van der Waals surface area contributed by atoms with Gasteiger partial charge in [-0.15, -0.1) is 0 Å². The molecule has 0 aliphatic heterocycles. The molecule has 0 aromatic heterocycles. The molecule has 0 saturated carbocycles. The van der Waals surface area contributed by atoms with Crippen LogP contribution in [0.25, 0.3) is 0 Å². The van der Waals surface area contributed by atoms with E-state index in [2.05, 4.69) is 17.4 Å². The molecule has 3 aromatic carbocycles. The number of nitrogens with zero attached hydrogens (tertiary/aromatic N) is 1. The minimum absolute atomic E-state index is 0.163. The van der Waals surface area contributed by atoms with Gasteiger partial charge in [0.05, 0.1) is 10.6 Å². The second kappa shape index (κ2) is 11.2. The molecule has 32 heavy (non-hydrogen) atoms. The van der Waals surface area contributed by atoms with Crippen molar-refractivity contribution in [3.8, 4) is 0 Å². The first-order valence-electron chi connectivity index (χ1n) is 10.4. The smallest absolute Gasteiger partial charge is 0.264 e. The number of sulfonamides is 1. The van der Waals surface area contributed by atoms with Gasteiger partial charge in [0.2, 0.25) is 5.91 Å². The molecule has 168 valence electrons. The van der Waals surface area contributed by atoms with Gasteiger partial charge in [-0.25, -0.2) is 8.42 Å². The Balaban J connectivity index is 1.66. The van der Waals surface area contributed by atoms with E-state index in [1.165, 1.54) is 9.87 Å². The fourth-order valence-corrected chi connectivity index (χ4v) is 5.38. The number of carbonyl (C=O) groups is 1. The lowest BCUT2D eigenvalue weighted by Crippen LogP contribution is -2.41. The van der Waals surface area contributed by atoms with E-state index in [0.717, 1.165) is 22.6 Å². The summed E-state index contributed by atoms with van der Waals surface area (Å²) >= 11 is 1.72. The van der Waals surface area contributed by atoms with Crippen molar-refractivity contribution < 1.29 is 13.2 Å². The Bertz CT molecular complexity index is 1130. The topological polar surface area (TPSA) is 66.5 Å². The maximum atomic E-state index is 13.4. The summed E-state index contributed by atoms with van der Waals surface area (Å²) in [6.07, 6.45) is 0. The largest absolute Gasteiger partial charge is 0.354 e. The van der Waals surface area contributed by atoms with E-state index in [9.17, 15) is 13.2 Å². The van der Waals surface area contributed by atoms with Crippen molar-refractivity contribution in [2.45, 2.75) is 24.5 Å². The Morgan fingerprint density at radius 3 is 2.31 bits per heavy atom. The number of anilines is 1. The zero-order valence-electron chi connectivity index (χ0n) is 18.3. The van der Waals surface area contributed by atoms with Gasteiger partial charge in [-0.1, -0.05) is 60.2 Å². The number of hydrogen-bond acceptors (Lipinski definition) is 4. The summed E-state index contributed by atoms with van der Waals surface area (Å²) in [5.74, 6) is 1.28. The standard InChI is InChI=1S/C25H28N2O3S2/c1-20-11-13-24(14-12-20)32(29,30)27(23-10-6-7-21(2)17-23)18-25(28)26-15-16-31-19-22-8-4-3-5-9-22/h3-14,17H,15-16,18-19H2,1-2H3,(H,26,28). The van der Waals surface area contributed by atoms with Crippen LogP contribution in [0, 0.1) is 13.8 Å². The fraction of sp³-hybridized carbons (Fsp3) is 0.240. The molecule has 0 unspecified atom stereocenters. The molecule has 0 heterocycles. The monoisotopic (exact) mass is 468 g/mol. The Kier molecular flexibility index (Phi) is 8.36. The molecule has 7 heteroatoms. The predicted molar refractivity (Wildman–Crippen MR) is 133 cm³/mol. The van der Waals surface area contributed by atoms with Crippen molar-refractivity contribution in [1.29, 1.82) is 0 Å². The van der Waals surface area contributed by atoms with Crippen LogP contribution in [-0.2, 0) is 20.6 Å². The molecular weight excluding hydrogens is 440 g/mol. The number of rotatable bonds is 10. The second-order valence-corrected chi connectivity index (χ2v) is 10.5. The first-order valence-corrected chi connectivity index (χ1v) is 13.0. The van der Waals surface area contributed by atoms with Crippen LogP contribution < -0.4 is 9.62 Å². The summed E-state index contributed by atoms with van der Waals surface area (Å²) in [6, 6.07) is 24.0. The number of aryl methyl sites for hydroxylation is 2. The molecule has 0 fully saturated rings. The molecule has 0 atom stereocenters. The van der Waals surface area contributed by atoms with E-state index >= 15 is 0 Å². The van der Waals surface area contributed by atoms with E-state index in [0.29, 0.717) is 12.2 Å². The van der Waals surface area contributed by atoms with Crippen molar-refractivity contribution in [1.82, 2.24) is 5.32 Å². The first-order chi connectivity index (χ1) is 15.4. The average molecular weight is 469 g/mol. The molecule has 0 bridgehead atoms. The summed E-state index contributed by atoms with van der Waals surface area (Å²) in [5.41, 5.74) is 3.60. The Labute approximate surface area is 194 Å². The maximum Gasteiger partial charge on any atom is 0.264 e. The third-order valence-electron chi connectivity index (χ3n) is 4.87. The molecule has 0 saturated heterocycles. The quantitative estimate of drug-likeness (QED) is 0.444. The van der Waals surface area contributed by atoms with Gasteiger partial charge in [0.15, 0.2) is 0 Å². The highest BCUT2D eigenvalue weighted by Crippen LogP contribution is 2.24. The number of thioether (sulfide) groups is 1. The Morgan fingerprint density at radius 2 is 1.62 bits per heavy atom. The van der Waals surface area contributed by atoms with E-state index in [4.69, 9.17) is 0 Å². The molecular formula is C25H28N2O3S2. The first kappa shape index (κ1) is 23.9. The SMILES string of the molecule is Cc1ccc(S(=O)(=O)N(CC(=O)NCCSCc2ccccc2)c2cccc(C)c2)cc1. The third kappa shape index (κ3) is 6.61. The summed E-state index contributed by atoms with van der Waals surface area (Å²) in [4.78, 5) is 12.8. The van der Waals surface area contributed by atoms with Crippen LogP contribution in [0.1, 0.15) is 16.7 Å². The summed E-state index contributed by atoms with van der Waals surface area (Å²) in [7, 11) is -3.89. The van der Waals surface area contributed by atoms with Gasteiger partial charge in [-0.05, 0) is 49.2 Å².